The van der Waals surface area contributed by atoms with Crippen LogP contribution >= 0.6 is 23.2 Å². The van der Waals surface area contributed by atoms with Gasteiger partial charge < -0.3 is 5.32 Å². The zero-order chi connectivity index (χ0) is 14.5. The molecule has 0 unspecified atom stereocenters. The van der Waals surface area contributed by atoms with Crippen LogP contribution in [0.3, 0.4) is 0 Å². The SMILES string of the molecule is CCCc1nc(NCC)cc(-c2cc(Cl)ccc2Cl)n1. The van der Waals surface area contributed by atoms with Crippen LogP contribution in [0.4, 0.5) is 5.82 Å². The quantitative estimate of drug-likeness (QED) is 0.859. The fraction of sp³-hybridized carbons (Fsp3) is 0.333. The van der Waals surface area contributed by atoms with Crippen molar-refractivity contribution in [2.24, 2.45) is 0 Å². The van der Waals surface area contributed by atoms with Crippen LogP contribution in [0.1, 0.15) is 26.1 Å². The lowest BCUT2D eigenvalue weighted by Crippen LogP contribution is -2.04. The van der Waals surface area contributed by atoms with Gasteiger partial charge in [-0.25, -0.2) is 9.97 Å². The van der Waals surface area contributed by atoms with Crippen molar-refractivity contribution in [2.75, 3.05) is 11.9 Å². The molecule has 0 amide bonds. The summed E-state index contributed by atoms with van der Waals surface area (Å²) in [4.78, 5) is 9.08. The van der Waals surface area contributed by atoms with Crippen molar-refractivity contribution in [3.05, 3.63) is 40.1 Å². The molecule has 0 fully saturated rings. The first-order valence-electron chi connectivity index (χ1n) is 6.71. The Bertz CT molecular complexity index is 575. The Morgan fingerprint density at radius 3 is 2.60 bits per heavy atom. The summed E-state index contributed by atoms with van der Waals surface area (Å²) in [5.41, 5.74) is 1.63. The van der Waals surface area contributed by atoms with Crippen LogP contribution < -0.4 is 5.32 Å². The predicted octanol–water partition coefficient (Wildman–Crippen LogP) is 4.83. The van der Waals surface area contributed by atoms with Crippen LogP contribution in [0, 0.1) is 0 Å². The third kappa shape index (κ3) is 3.62. The number of hydrogen-bond acceptors (Lipinski definition) is 3. The molecular weight excluding hydrogens is 293 g/mol. The van der Waals surface area contributed by atoms with Crippen LogP contribution in [0.2, 0.25) is 10.0 Å². The van der Waals surface area contributed by atoms with Crippen molar-refractivity contribution < 1.29 is 0 Å². The molecule has 1 heterocycles. The molecule has 0 radical (unpaired) electrons. The van der Waals surface area contributed by atoms with Crippen molar-refractivity contribution in [3.63, 3.8) is 0 Å². The molecule has 0 saturated heterocycles. The summed E-state index contributed by atoms with van der Waals surface area (Å²) in [7, 11) is 0. The van der Waals surface area contributed by atoms with Crippen LogP contribution in [0.5, 0.6) is 0 Å². The molecule has 0 atom stereocenters. The molecule has 2 rings (SSSR count). The summed E-state index contributed by atoms with van der Waals surface area (Å²) < 4.78 is 0. The highest BCUT2D eigenvalue weighted by atomic mass is 35.5. The summed E-state index contributed by atoms with van der Waals surface area (Å²) in [6.07, 6.45) is 1.84. The minimum absolute atomic E-state index is 0.637. The second kappa shape index (κ2) is 6.91. The largest absolute Gasteiger partial charge is 0.370 e. The zero-order valence-corrected chi connectivity index (χ0v) is 13.1. The van der Waals surface area contributed by atoms with Crippen molar-refractivity contribution in [2.45, 2.75) is 26.7 Å². The molecule has 0 saturated carbocycles. The third-order valence-electron chi connectivity index (χ3n) is 2.81. The lowest BCUT2D eigenvalue weighted by atomic mass is 10.1. The zero-order valence-electron chi connectivity index (χ0n) is 11.6. The Hall–Kier alpha value is -1.32. The van der Waals surface area contributed by atoms with E-state index in [9.17, 15) is 0 Å². The monoisotopic (exact) mass is 309 g/mol. The normalized spacial score (nSPS) is 10.6. The second-order valence-electron chi connectivity index (χ2n) is 4.46. The number of nitrogens with zero attached hydrogens (tertiary/aromatic N) is 2. The van der Waals surface area contributed by atoms with Gasteiger partial charge in [0.25, 0.3) is 0 Å². The van der Waals surface area contributed by atoms with E-state index in [1.54, 1.807) is 12.1 Å². The third-order valence-corrected chi connectivity index (χ3v) is 3.37. The van der Waals surface area contributed by atoms with Crippen molar-refractivity contribution in [1.29, 1.82) is 0 Å². The molecule has 0 spiro atoms. The Balaban J connectivity index is 2.51. The number of hydrogen-bond donors (Lipinski definition) is 1. The molecule has 5 heteroatoms. The van der Waals surface area contributed by atoms with Crippen molar-refractivity contribution in [1.82, 2.24) is 9.97 Å². The summed E-state index contributed by atoms with van der Waals surface area (Å²) in [6.45, 7) is 4.95. The number of anilines is 1. The van der Waals surface area contributed by atoms with Gasteiger partial charge in [0.15, 0.2) is 0 Å². The van der Waals surface area contributed by atoms with E-state index in [2.05, 4.69) is 22.2 Å². The Kier molecular flexibility index (Phi) is 5.21. The fourth-order valence-electron chi connectivity index (χ4n) is 1.94. The molecule has 3 nitrogen and oxygen atoms in total. The van der Waals surface area contributed by atoms with Gasteiger partial charge in [0, 0.05) is 29.6 Å². The number of aromatic nitrogens is 2. The number of nitrogens with one attached hydrogen (secondary N) is 1. The number of aryl methyl sites for hydroxylation is 1. The topological polar surface area (TPSA) is 37.8 Å². The van der Waals surface area contributed by atoms with Gasteiger partial charge in [-0.15, -0.1) is 0 Å². The summed E-state index contributed by atoms with van der Waals surface area (Å²) in [5, 5.41) is 4.50. The smallest absolute Gasteiger partial charge is 0.131 e. The molecule has 0 aliphatic rings. The van der Waals surface area contributed by atoms with Crippen LogP contribution in [-0.4, -0.2) is 16.5 Å². The Labute approximate surface area is 129 Å². The molecule has 1 aromatic heterocycles. The van der Waals surface area contributed by atoms with E-state index in [1.807, 2.05) is 19.1 Å². The molecule has 1 aromatic carbocycles. The standard InChI is InChI=1S/C15H17Cl2N3/c1-3-5-14-19-13(9-15(20-14)18-4-2)11-8-10(16)6-7-12(11)17/h6-9H,3-5H2,1-2H3,(H,18,19,20). The van der Waals surface area contributed by atoms with E-state index < -0.39 is 0 Å². The fourth-order valence-corrected chi connectivity index (χ4v) is 2.32. The van der Waals surface area contributed by atoms with Gasteiger partial charge in [0.1, 0.15) is 11.6 Å². The average Bonchev–Trinajstić information content (AvgIpc) is 2.42. The summed E-state index contributed by atoms with van der Waals surface area (Å²) in [5.74, 6) is 1.63. The van der Waals surface area contributed by atoms with E-state index in [1.165, 1.54) is 0 Å². The molecular formula is C15H17Cl2N3. The van der Waals surface area contributed by atoms with Gasteiger partial charge in [-0.1, -0.05) is 30.1 Å². The van der Waals surface area contributed by atoms with E-state index in [4.69, 9.17) is 23.2 Å². The maximum absolute atomic E-state index is 6.25. The number of rotatable bonds is 5. The molecule has 0 aliphatic carbocycles. The van der Waals surface area contributed by atoms with E-state index in [-0.39, 0.29) is 0 Å². The van der Waals surface area contributed by atoms with Gasteiger partial charge in [0.2, 0.25) is 0 Å². The van der Waals surface area contributed by atoms with Crippen molar-refractivity contribution in [3.8, 4) is 11.3 Å². The lowest BCUT2D eigenvalue weighted by molar-refractivity contribution is 0.836. The Morgan fingerprint density at radius 1 is 1.10 bits per heavy atom. The molecule has 1 N–H and O–H groups in total. The van der Waals surface area contributed by atoms with Gasteiger partial charge in [-0.2, -0.15) is 0 Å². The molecule has 0 bridgehead atoms. The highest BCUT2D eigenvalue weighted by molar-refractivity contribution is 6.35. The minimum Gasteiger partial charge on any atom is -0.370 e. The summed E-state index contributed by atoms with van der Waals surface area (Å²) in [6, 6.07) is 7.29. The maximum Gasteiger partial charge on any atom is 0.131 e. The van der Waals surface area contributed by atoms with Crippen molar-refractivity contribution >= 4 is 29.0 Å². The van der Waals surface area contributed by atoms with E-state index in [0.29, 0.717) is 10.0 Å². The first-order valence-corrected chi connectivity index (χ1v) is 7.47. The van der Waals surface area contributed by atoms with Gasteiger partial charge in [0.05, 0.1) is 10.7 Å². The number of halogens is 2. The van der Waals surface area contributed by atoms with E-state index in [0.717, 1.165) is 42.3 Å². The lowest BCUT2D eigenvalue weighted by Gasteiger charge is -2.10. The second-order valence-corrected chi connectivity index (χ2v) is 5.30. The predicted molar refractivity (Wildman–Crippen MR) is 85.6 cm³/mol. The highest BCUT2D eigenvalue weighted by Gasteiger charge is 2.10. The highest BCUT2D eigenvalue weighted by Crippen LogP contribution is 2.30. The molecule has 2 aromatic rings. The number of benzene rings is 1. The van der Waals surface area contributed by atoms with E-state index >= 15 is 0 Å². The molecule has 106 valence electrons. The average molecular weight is 310 g/mol. The van der Waals surface area contributed by atoms with Crippen LogP contribution in [0.25, 0.3) is 11.3 Å². The van der Waals surface area contributed by atoms with Crippen LogP contribution in [-0.2, 0) is 6.42 Å². The first-order chi connectivity index (χ1) is 9.63. The van der Waals surface area contributed by atoms with Gasteiger partial charge in [-0.05, 0) is 31.5 Å². The van der Waals surface area contributed by atoms with Crippen LogP contribution in [0.15, 0.2) is 24.3 Å². The Morgan fingerprint density at radius 2 is 1.90 bits per heavy atom. The van der Waals surface area contributed by atoms with Gasteiger partial charge in [-0.3, -0.25) is 0 Å². The molecule has 0 aliphatic heterocycles. The minimum atomic E-state index is 0.637. The first kappa shape index (κ1) is 15.1. The molecule has 20 heavy (non-hydrogen) atoms. The summed E-state index contributed by atoms with van der Waals surface area (Å²) >= 11 is 12.3. The maximum atomic E-state index is 6.25. The van der Waals surface area contributed by atoms with Gasteiger partial charge >= 0.3 is 0 Å².